The van der Waals surface area contributed by atoms with E-state index in [-0.39, 0.29) is 30.3 Å². The van der Waals surface area contributed by atoms with Crippen molar-refractivity contribution in [2.45, 2.75) is 51.6 Å². The number of anilines is 1. The van der Waals surface area contributed by atoms with Crippen LogP contribution < -0.4 is 15.4 Å². The zero-order chi connectivity index (χ0) is 25.5. The molecule has 0 radical (unpaired) electrons. The number of hydrogen-bond acceptors (Lipinski definition) is 4. The first kappa shape index (κ1) is 25.5. The van der Waals surface area contributed by atoms with Gasteiger partial charge in [0.2, 0.25) is 11.8 Å². The maximum absolute atomic E-state index is 13.3. The second-order valence-electron chi connectivity index (χ2n) is 9.51. The van der Waals surface area contributed by atoms with Crippen molar-refractivity contribution < 1.29 is 19.1 Å². The van der Waals surface area contributed by atoms with Crippen LogP contribution in [0.15, 0.2) is 48.5 Å². The zero-order valence-electron chi connectivity index (χ0n) is 21.2. The van der Waals surface area contributed by atoms with Gasteiger partial charge in [-0.1, -0.05) is 37.6 Å². The average molecular weight is 493 g/mol. The summed E-state index contributed by atoms with van der Waals surface area (Å²) in [7, 11) is 1.62. The highest BCUT2D eigenvalue weighted by Crippen LogP contribution is 2.39. The van der Waals surface area contributed by atoms with E-state index in [0.29, 0.717) is 18.8 Å². The maximum atomic E-state index is 13.3. The van der Waals surface area contributed by atoms with E-state index in [1.165, 1.54) is 0 Å². The number of nitrogens with one attached hydrogen (secondary N) is 2. The van der Waals surface area contributed by atoms with Crippen LogP contribution in [0.3, 0.4) is 0 Å². The number of carbonyl (C=O) groups excluding carboxylic acids is 3. The molecule has 8 nitrogen and oxygen atoms in total. The summed E-state index contributed by atoms with van der Waals surface area (Å²) in [5, 5.41) is 5.98. The van der Waals surface area contributed by atoms with Gasteiger partial charge in [0, 0.05) is 38.3 Å². The highest BCUT2D eigenvalue weighted by atomic mass is 16.5. The number of nitrogens with zero attached hydrogens (tertiary/aromatic N) is 2. The number of amides is 4. The molecule has 0 aliphatic carbocycles. The van der Waals surface area contributed by atoms with Crippen LogP contribution in [0.4, 0.5) is 10.5 Å². The lowest BCUT2D eigenvalue weighted by molar-refractivity contribution is -0.129. The molecule has 2 atom stereocenters. The molecule has 2 aromatic rings. The highest BCUT2D eigenvalue weighted by Gasteiger charge is 2.44. The Morgan fingerprint density at radius 2 is 1.83 bits per heavy atom. The Bertz CT molecular complexity index is 1070. The minimum atomic E-state index is -0.471. The van der Waals surface area contributed by atoms with Crippen LogP contribution in [0.2, 0.25) is 0 Å². The van der Waals surface area contributed by atoms with Gasteiger partial charge in [-0.2, -0.15) is 0 Å². The van der Waals surface area contributed by atoms with E-state index in [2.05, 4.69) is 17.6 Å². The first-order valence-electron chi connectivity index (χ1n) is 12.9. The molecule has 8 heteroatoms. The third kappa shape index (κ3) is 5.98. The Morgan fingerprint density at radius 3 is 2.53 bits per heavy atom. The zero-order valence-corrected chi connectivity index (χ0v) is 21.2. The fourth-order valence-corrected chi connectivity index (χ4v) is 5.03. The van der Waals surface area contributed by atoms with Crippen molar-refractivity contribution in [3.63, 3.8) is 0 Å². The van der Waals surface area contributed by atoms with Crippen LogP contribution in [0.1, 0.15) is 56.2 Å². The van der Waals surface area contributed by atoms with Crippen molar-refractivity contribution in [2.24, 2.45) is 5.92 Å². The third-order valence-electron chi connectivity index (χ3n) is 7.02. The molecule has 4 amide bonds. The first-order valence-corrected chi connectivity index (χ1v) is 12.9. The van der Waals surface area contributed by atoms with Gasteiger partial charge in [-0.05, 0) is 54.7 Å². The summed E-state index contributed by atoms with van der Waals surface area (Å²) in [5.41, 5.74) is 2.52. The molecule has 2 N–H and O–H groups in total. The molecule has 0 spiro atoms. The molecule has 0 saturated carbocycles. The molecule has 4 rings (SSSR count). The molecule has 2 aliphatic heterocycles. The fraction of sp³-hybridized carbons (Fsp3) is 0.464. The monoisotopic (exact) mass is 492 g/mol. The quantitative estimate of drug-likeness (QED) is 0.545. The van der Waals surface area contributed by atoms with Crippen molar-refractivity contribution in [1.82, 2.24) is 15.1 Å². The minimum absolute atomic E-state index is 0.0102. The van der Waals surface area contributed by atoms with E-state index >= 15 is 0 Å². The topological polar surface area (TPSA) is 91.0 Å². The summed E-state index contributed by atoms with van der Waals surface area (Å²) in [6, 6.07) is 14.7. The Hall–Kier alpha value is -3.55. The summed E-state index contributed by atoms with van der Waals surface area (Å²) >= 11 is 0. The molecule has 2 saturated heterocycles. The average Bonchev–Trinajstić information content (AvgIpc) is 3.55. The largest absolute Gasteiger partial charge is 0.497 e. The van der Waals surface area contributed by atoms with Crippen LogP contribution in [-0.2, 0) is 16.1 Å². The lowest BCUT2D eigenvalue weighted by Crippen LogP contribution is -2.36. The Kier molecular flexibility index (Phi) is 8.46. The summed E-state index contributed by atoms with van der Waals surface area (Å²) in [6.07, 6.45) is 4.13. The number of methoxy groups -OCH3 is 1. The Balaban J connectivity index is 1.43. The molecule has 192 valence electrons. The van der Waals surface area contributed by atoms with Crippen LogP contribution in [0.5, 0.6) is 5.75 Å². The normalized spacial score (nSPS) is 19.4. The van der Waals surface area contributed by atoms with Gasteiger partial charge in [-0.15, -0.1) is 0 Å². The molecular formula is C28H36N4O4. The number of likely N-dealkylation sites (tertiary alicyclic amines) is 2. The number of urea groups is 1. The van der Waals surface area contributed by atoms with Gasteiger partial charge in [-0.3, -0.25) is 9.59 Å². The predicted molar refractivity (Wildman–Crippen MR) is 139 cm³/mol. The van der Waals surface area contributed by atoms with Crippen molar-refractivity contribution in [1.29, 1.82) is 0 Å². The van der Waals surface area contributed by atoms with E-state index in [4.69, 9.17) is 4.74 Å². The number of hydrogen-bond donors (Lipinski definition) is 2. The number of rotatable bonds is 9. The van der Waals surface area contributed by atoms with Crippen LogP contribution in [-0.4, -0.2) is 54.4 Å². The van der Waals surface area contributed by atoms with Crippen molar-refractivity contribution >= 4 is 23.5 Å². The summed E-state index contributed by atoms with van der Waals surface area (Å²) in [5.74, 6) is 0.132. The second kappa shape index (κ2) is 11.9. The standard InChI is InChI=1S/C28H36N4O4/c1-3-4-16-32-25(33)18-24(26(32)21-10-12-23(36-2)13-11-21)27(34)29-19-20-8-7-9-22(17-20)30-28(35)31-14-5-6-15-31/h7-13,17,24,26H,3-6,14-16,18-19H2,1-2H3,(H,29,34)(H,30,35). The third-order valence-corrected chi connectivity index (χ3v) is 7.02. The van der Waals surface area contributed by atoms with E-state index < -0.39 is 5.92 Å². The van der Waals surface area contributed by atoms with Gasteiger partial charge in [0.05, 0.1) is 19.1 Å². The number of unbranched alkanes of at least 4 members (excludes halogenated alkanes) is 1. The molecule has 2 aromatic carbocycles. The van der Waals surface area contributed by atoms with Crippen LogP contribution in [0, 0.1) is 5.92 Å². The van der Waals surface area contributed by atoms with E-state index in [0.717, 1.165) is 55.6 Å². The molecule has 0 bridgehead atoms. The van der Waals surface area contributed by atoms with Crippen molar-refractivity contribution in [3.05, 3.63) is 59.7 Å². The number of benzene rings is 2. The molecule has 2 fully saturated rings. The lowest BCUT2D eigenvalue weighted by atomic mass is 9.92. The van der Waals surface area contributed by atoms with Gasteiger partial charge in [0.1, 0.15) is 5.75 Å². The summed E-state index contributed by atoms with van der Waals surface area (Å²) in [6.45, 7) is 4.61. The highest BCUT2D eigenvalue weighted by molar-refractivity contribution is 5.91. The van der Waals surface area contributed by atoms with Gasteiger partial charge in [-0.25, -0.2) is 4.79 Å². The summed E-state index contributed by atoms with van der Waals surface area (Å²) in [4.78, 5) is 42.3. The maximum Gasteiger partial charge on any atom is 0.321 e. The molecule has 36 heavy (non-hydrogen) atoms. The van der Waals surface area contributed by atoms with Crippen LogP contribution in [0.25, 0.3) is 0 Å². The minimum Gasteiger partial charge on any atom is -0.497 e. The SMILES string of the molecule is CCCCN1C(=O)CC(C(=O)NCc2cccc(NC(=O)N3CCCC3)c2)C1c1ccc(OC)cc1. The molecule has 2 aliphatic rings. The smallest absolute Gasteiger partial charge is 0.321 e. The van der Waals surface area contributed by atoms with Crippen LogP contribution >= 0.6 is 0 Å². The molecular weight excluding hydrogens is 456 g/mol. The van der Waals surface area contributed by atoms with Crippen molar-refractivity contribution in [3.8, 4) is 5.75 Å². The molecule has 2 unspecified atom stereocenters. The Morgan fingerprint density at radius 1 is 1.08 bits per heavy atom. The van der Waals surface area contributed by atoms with Gasteiger partial charge in [0.15, 0.2) is 0 Å². The Labute approximate surface area is 213 Å². The van der Waals surface area contributed by atoms with E-state index in [9.17, 15) is 14.4 Å². The van der Waals surface area contributed by atoms with Crippen molar-refractivity contribution in [2.75, 3.05) is 32.1 Å². The van der Waals surface area contributed by atoms with Gasteiger partial charge >= 0.3 is 6.03 Å². The predicted octanol–water partition coefficient (Wildman–Crippen LogP) is 4.33. The summed E-state index contributed by atoms with van der Waals surface area (Å²) < 4.78 is 5.28. The lowest BCUT2D eigenvalue weighted by Gasteiger charge is -2.28. The van der Waals surface area contributed by atoms with Gasteiger partial charge in [0.25, 0.3) is 0 Å². The number of carbonyl (C=O) groups is 3. The second-order valence-corrected chi connectivity index (χ2v) is 9.51. The number of ether oxygens (including phenoxy) is 1. The first-order chi connectivity index (χ1) is 17.5. The van der Waals surface area contributed by atoms with E-state index in [1.807, 2.05) is 58.3 Å². The fourth-order valence-electron chi connectivity index (χ4n) is 5.03. The molecule has 0 aromatic heterocycles. The molecule has 2 heterocycles. The van der Waals surface area contributed by atoms with E-state index in [1.54, 1.807) is 7.11 Å². The van der Waals surface area contributed by atoms with Gasteiger partial charge < -0.3 is 25.2 Å².